The maximum Gasteiger partial charge on any atom is 0.0401 e. The van der Waals surface area contributed by atoms with E-state index in [1.54, 1.807) is 0 Å². The van der Waals surface area contributed by atoms with E-state index >= 15 is 0 Å². The summed E-state index contributed by atoms with van der Waals surface area (Å²) in [6.07, 6.45) is 4.72. The second kappa shape index (κ2) is 6.67. The van der Waals surface area contributed by atoms with Gasteiger partial charge in [0.05, 0.1) is 0 Å². The summed E-state index contributed by atoms with van der Waals surface area (Å²) in [6.45, 7) is 6.99. The predicted molar refractivity (Wildman–Crippen MR) is 92.9 cm³/mol. The van der Waals surface area contributed by atoms with Crippen molar-refractivity contribution in [2.45, 2.75) is 44.7 Å². The Morgan fingerprint density at radius 3 is 3.00 bits per heavy atom. The van der Waals surface area contributed by atoms with E-state index in [1.165, 1.54) is 43.7 Å². The molecule has 3 rings (SSSR count). The van der Waals surface area contributed by atoms with Crippen LogP contribution in [-0.2, 0) is 6.42 Å². The number of piperazine rings is 1. The van der Waals surface area contributed by atoms with E-state index in [0.29, 0.717) is 0 Å². The quantitative estimate of drug-likeness (QED) is 0.904. The van der Waals surface area contributed by atoms with Crippen molar-refractivity contribution in [1.82, 2.24) is 4.90 Å². The Hall–Kier alpha value is -0.580. The van der Waals surface area contributed by atoms with Gasteiger partial charge in [0.25, 0.3) is 0 Å². The molecule has 1 aromatic rings. The molecule has 3 nitrogen and oxygen atoms in total. The molecule has 0 bridgehead atoms. The molecule has 2 atom stereocenters. The van der Waals surface area contributed by atoms with E-state index in [-0.39, 0.29) is 6.04 Å². The van der Waals surface area contributed by atoms with Crippen LogP contribution in [0.4, 0.5) is 5.69 Å². The van der Waals surface area contributed by atoms with Crippen molar-refractivity contribution in [3.8, 4) is 0 Å². The number of anilines is 1. The zero-order valence-electron chi connectivity index (χ0n) is 12.9. The Kier molecular flexibility index (Phi) is 4.87. The van der Waals surface area contributed by atoms with Gasteiger partial charge >= 0.3 is 0 Å². The molecule has 4 heteroatoms. The summed E-state index contributed by atoms with van der Waals surface area (Å²) in [7, 11) is 0. The number of benzene rings is 1. The Morgan fingerprint density at radius 1 is 1.33 bits per heavy atom. The summed E-state index contributed by atoms with van der Waals surface area (Å²) in [4.78, 5) is 5.24. The van der Waals surface area contributed by atoms with Crippen LogP contribution in [-0.4, -0.2) is 43.2 Å². The molecule has 2 heterocycles. The topological polar surface area (TPSA) is 32.5 Å². The van der Waals surface area contributed by atoms with Gasteiger partial charge in [-0.15, -0.1) is 0 Å². The average Bonchev–Trinajstić information content (AvgIpc) is 2.94. The normalized spacial score (nSPS) is 24.1. The molecule has 0 spiro atoms. The Labute approximate surface area is 136 Å². The van der Waals surface area contributed by atoms with Crippen LogP contribution >= 0.6 is 15.9 Å². The number of hydrogen-bond donors (Lipinski definition) is 1. The molecule has 0 radical (unpaired) electrons. The van der Waals surface area contributed by atoms with Crippen LogP contribution in [0.2, 0.25) is 0 Å². The minimum atomic E-state index is 0.255. The lowest BCUT2D eigenvalue weighted by Crippen LogP contribution is -2.50. The number of hydrogen-bond acceptors (Lipinski definition) is 3. The highest BCUT2D eigenvalue weighted by Crippen LogP contribution is 2.30. The van der Waals surface area contributed by atoms with Crippen molar-refractivity contribution in [1.29, 1.82) is 0 Å². The molecule has 2 aliphatic rings. The van der Waals surface area contributed by atoms with Gasteiger partial charge in [0, 0.05) is 41.9 Å². The predicted octanol–water partition coefficient (Wildman–Crippen LogP) is 3.01. The van der Waals surface area contributed by atoms with Crippen molar-refractivity contribution in [3.05, 3.63) is 28.2 Å². The molecule has 0 amide bonds. The van der Waals surface area contributed by atoms with E-state index in [1.807, 2.05) is 0 Å². The van der Waals surface area contributed by atoms with E-state index in [4.69, 9.17) is 5.73 Å². The first-order valence-electron chi connectivity index (χ1n) is 8.20. The van der Waals surface area contributed by atoms with Gasteiger partial charge in [0.15, 0.2) is 0 Å². The van der Waals surface area contributed by atoms with Crippen molar-refractivity contribution in [2.75, 3.05) is 31.1 Å². The summed E-state index contributed by atoms with van der Waals surface area (Å²) in [5, 5.41) is 0. The van der Waals surface area contributed by atoms with Crippen LogP contribution in [0.3, 0.4) is 0 Å². The molecule has 2 aliphatic heterocycles. The second-order valence-electron chi connectivity index (χ2n) is 6.42. The molecule has 2 unspecified atom stereocenters. The number of nitrogens with two attached hydrogens (primary N) is 1. The minimum Gasteiger partial charge on any atom is -0.368 e. The zero-order chi connectivity index (χ0) is 14.8. The Bertz CT molecular complexity index is 491. The highest BCUT2D eigenvalue weighted by atomic mass is 79.9. The third-order valence-electron chi connectivity index (χ3n) is 4.98. The lowest BCUT2D eigenvalue weighted by molar-refractivity contribution is 0.231. The molecule has 0 aromatic heterocycles. The van der Waals surface area contributed by atoms with E-state index in [0.717, 1.165) is 29.9 Å². The summed E-state index contributed by atoms with van der Waals surface area (Å²) < 4.78 is 1.16. The van der Waals surface area contributed by atoms with Crippen molar-refractivity contribution in [3.63, 3.8) is 0 Å². The fraction of sp³-hybridized carbons (Fsp3) is 0.647. The van der Waals surface area contributed by atoms with Crippen molar-refractivity contribution >= 4 is 21.6 Å². The van der Waals surface area contributed by atoms with E-state index in [9.17, 15) is 0 Å². The van der Waals surface area contributed by atoms with Gasteiger partial charge in [-0.3, -0.25) is 4.90 Å². The average molecular weight is 352 g/mol. The summed E-state index contributed by atoms with van der Waals surface area (Å²) in [5.41, 5.74) is 8.99. The second-order valence-corrected chi connectivity index (χ2v) is 7.34. The summed E-state index contributed by atoms with van der Waals surface area (Å²) >= 11 is 3.61. The largest absolute Gasteiger partial charge is 0.368 e. The third kappa shape index (κ3) is 3.43. The van der Waals surface area contributed by atoms with Gasteiger partial charge in [-0.25, -0.2) is 0 Å². The molecule has 0 aliphatic carbocycles. The van der Waals surface area contributed by atoms with E-state index < -0.39 is 0 Å². The van der Waals surface area contributed by atoms with E-state index in [2.05, 4.69) is 50.9 Å². The van der Waals surface area contributed by atoms with Crippen LogP contribution in [0.15, 0.2) is 22.7 Å². The van der Waals surface area contributed by atoms with Gasteiger partial charge < -0.3 is 10.6 Å². The molecule has 0 saturated carbocycles. The van der Waals surface area contributed by atoms with Crippen LogP contribution in [0.1, 0.15) is 31.7 Å². The highest BCUT2D eigenvalue weighted by molar-refractivity contribution is 9.10. The van der Waals surface area contributed by atoms with Gasteiger partial charge in [-0.2, -0.15) is 0 Å². The summed E-state index contributed by atoms with van der Waals surface area (Å²) in [5.74, 6) is 0. The first-order chi connectivity index (χ1) is 10.2. The number of nitrogens with zero attached hydrogens (tertiary/aromatic N) is 2. The van der Waals surface area contributed by atoms with Gasteiger partial charge in [0.2, 0.25) is 0 Å². The van der Waals surface area contributed by atoms with Gasteiger partial charge in [-0.1, -0.05) is 22.9 Å². The molecular formula is C17H26BrN3. The first kappa shape index (κ1) is 15.3. The zero-order valence-corrected chi connectivity index (χ0v) is 14.5. The smallest absolute Gasteiger partial charge is 0.0401 e. The standard InChI is InChI=1S/C17H26BrN3/c1-2-15(19)11-13-10-14(18)5-6-17(13)21-9-8-20-7-3-4-16(20)12-21/h5-6,10,15-16H,2-4,7-9,11-12,19H2,1H3. The molecule has 1 aromatic carbocycles. The van der Waals surface area contributed by atoms with Crippen LogP contribution < -0.4 is 10.6 Å². The molecule has 21 heavy (non-hydrogen) atoms. The van der Waals surface area contributed by atoms with Gasteiger partial charge in [-0.05, 0) is 56.0 Å². The van der Waals surface area contributed by atoms with Crippen LogP contribution in [0.25, 0.3) is 0 Å². The number of halogens is 1. The highest BCUT2D eigenvalue weighted by Gasteiger charge is 2.31. The maximum atomic E-state index is 6.20. The first-order valence-corrected chi connectivity index (χ1v) is 8.99. The number of fused-ring (bicyclic) bond motifs is 1. The molecule has 2 saturated heterocycles. The third-order valence-corrected chi connectivity index (χ3v) is 5.47. The molecule has 2 fully saturated rings. The molecule has 2 N–H and O–H groups in total. The molecule has 116 valence electrons. The van der Waals surface area contributed by atoms with Crippen molar-refractivity contribution in [2.24, 2.45) is 5.73 Å². The fourth-order valence-corrected chi connectivity index (χ4v) is 4.07. The minimum absolute atomic E-state index is 0.255. The fourth-order valence-electron chi connectivity index (χ4n) is 3.66. The SMILES string of the molecule is CCC(N)Cc1cc(Br)ccc1N1CCN2CCCC2C1. The van der Waals surface area contributed by atoms with Crippen LogP contribution in [0, 0.1) is 0 Å². The van der Waals surface area contributed by atoms with Gasteiger partial charge in [0.1, 0.15) is 0 Å². The maximum absolute atomic E-state index is 6.20. The summed E-state index contributed by atoms with van der Waals surface area (Å²) in [6, 6.07) is 7.70. The lowest BCUT2D eigenvalue weighted by Gasteiger charge is -2.39. The van der Waals surface area contributed by atoms with Crippen LogP contribution in [0.5, 0.6) is 0 Å². The lowest BCUT2D eigenvalue weighted by atomic mass is 10.0. The monoisotopic (exact) mass is 351 g/mol. The molecular weight excluding hydrogens is 326 g/mol. The van der Waals surface area contributed by atoms with Crippen molar-refractivity contribution < 1.29 is 0 Å². The number of rotatable bonds is 4. The Morgan fingerprint density at radius 2 is 2.19 bits per heavy atom. The Balaban J connectivity index is 1.80.